The van der Waals surface area contributed by atoms with Crippen molar-refractivity contribution in [3.8, 4) is 5.75 Å². The van der Waals surface area contributed by atoms with Gasteiger partial charge in [-0.25, -0.2) is 0 Å². The lowest BCUT2D eigenvalue weighted by atomic mass is 9.84. The first-order valence-electron chi connectivity index (χ1n) is 7.07. The molecule has 0 atom stereocenters. The van der Waals surface area contributed by atoms with E-state index in [2.05, 4.69) is 12.1 Å². The highest BCUT2D eigenvalue weighted by atomic mass is 16.5. The van der Waals surface area contributed by atoms with E-state index in [0.717, 1.165) is 37.0 Å². The van der Waals surface area contributed by atoms with Crippen LogP contribution in [-0.4, -0.2) is 18.2 Å². The van der Waals surface area contributed by atoms with Crippen molar-refractivity contribution in [2.75, 3.05) is 7.11 Å². The van der Waals surface area contributed by atoms with Crippen LogP contribution in [0.4, 0.5) is 0 Å². The van der Waals surface area contributed by atoms with E-state index >= 15 is 0 Å². The van der Waals surface area contributed by atoms with E-state index in [0.29, 0.717) is 0 Å². The van der Waals surface area contributed by atoms with Gasteiger partial charge in [-0.2, -0.15) is 0 Å². The average Bonchev–Trinajstić information content (AvgIpc) is 3.17. The van der Waals surface area contributed by atoms with Crippen LogP contribution in [0.5, 0.6) is 5.75 Å². The van der Waals surface area contributed by atoms with Gasteiger partial charge in [0.05, 0.1) is 13.5 Å². The molecule has 0 bridgehead atoms. The molecule has 0 unspecified atom stereocenters. The van der Waals surface area contributed by atoms with E-state index in [1.54, 1.807) is 7.11 Å². The Bertz CT molecular complexity index is 515. The minimum atomic E-state index is -0.711. The zero-order valence-electron chi connectivity index (χ0n) is 11.4. The van der Waals surface area contributed by atoms with Crippen LogP contribution in [0.2, 0.25) is 0 Å². The molecule has 1 aromatic carbocycles. The second-order valence-electron chi connectivity index (χ2n) is 5.84. The number of hydrogen-bond acceptors (Lipinski definition) is 2. The molecule has 1 N–H and O–H groups in total. The van der Waals surface area contributed by atoms with Crippen LogP contribution in [0.1, 0.15) is 48.8 Å². The third-order valence-corrected chi connectivity index (χ3v) is 4.60. The fourth-order valence-corrected chi connectivity index (χ4v) is 3.43. The molecule has 0 amide bonds. The minimum absolute atomic E-state index is 0.163. The number of carboxylic acid groups (broad SMARTS) is 1. The lowest BCUT2D eigenvalue weighted by Gasteiger charge is -2.24. The van der Waals surface area contributed by atoms with Crippen LogP contribution in [0, 0.1) is 0 Å². The normalized spacial score (nSPS) is 19.6. The summed E-state index contributed by atoms with van der Waals surface area (Å²) in [5.41, 5.74) is 3.67. The molecular weight excluding hydrogens is 240 g/mol. The maximum atomic E-state index is 11.1. The molecule has 1 fully saturated rings. The fraction of sp³-hybridized carbons (Fsp3) is 0.562. The summed E-state index contributed by atoms with van der Waals surface area (Å²) in [4.78, 5) is 11.1. The Morgan fingerprint density at radius 1 is 1.32 bits per heavy atom. The first-order valence-corrected chi connectivity index (χ1v) is 7.07. The number of methoxy groups -OCH3 is 1. The van der Waals surface area contributed by atoms with Crippen molar-refractivity contribution in [1.82, 2.24) is 0 Å². The molecule has 0 aliphatic heterocycles. The van der Waals surface area contributed by atoms with Gasteiger partial charge in [-0.05, 0) is 49.7 Å². The summed E-state index contributed by atoms with van der Waals surface area (Å²) in [5, 5.41) is 9.11. The Balaban J connectivity index is 2.04. The van der Waals surface area contributed by atoms with Gasteiger partial charge in [0.1, 0.15) is 5.75 Å². The Labute approximate surface area is 113 Å². The molecule has 0 spiro atoms. The lowest BCUT2D eigenvalue weighted by Crippen LogP contribution is -2.16. The van der Waals surface area contributed by atoms with Crippen LogP contribution < -0.4 is 4.74 Å². The molecule has 2 aliphatic rings. The predicted octanol–water partition coefficient (Wildman–Crippen LogP) is 3.08. The Kier molecular flexibility index (Phi) is 3.00. The molecule has 3 nitrogen and oxygen atoms in total. The number of aryl methyl sites for hydroxylation is 1. The van der Waals surface area contributed by atoms with Crippen molar-refractivity contribution in [2.24, 2.45) is 0 Å². The van der Waals surface area contributed by atoms with Crippen LogP contribution in [0.15, 0.2) is 12.1 Å². The first kappa shape index (κ1) is 12.5. The molecule has 0 saturated heterocycles. The number of rotatable bonds is 4. The highest BCUT2D eigenvalue weighted by Gasteiger charge is 2.48. The second kappa shape index (κ2) is 4.55. The van der Waals surface area contributed by atoms with Crippen molar-refractivity contribution in [2.45, 2.75) is 50.4 Å². The number of ether oxygens (including phenoxy) is 1. The number of carboxylic acids is 1. The van der Waals surface area contributed by atoms with Crippen molar-refractivity contribution in [3.63, 3.8) is 0 Å². The quantitative estimate of drug-likeness (QED) is 0.905. The molecule has 0 heterocycles. The van der Waals surface area contributed by atoms with Crippen LogP contribution in [0.3, 0.4) is 0 Å². The maximum absolute atomic E-state index is 11.1. The topological polar surface area (TPSA) is 46.5 Å². The van der Waals surface area contributed by atoms with E-state index in [-0.39, 0.29) is 11.8 Å². The van der Waals surface area contributed by atoms with Gasteiger partial charge in [0.25, 0.3) is 0 Å². The van der Waals surface area contributed by atoms with Gasteiger partial charge in [0.15, 0.2) is 0 Å². The van der Waals surface area contributed by atoms with Crippen molar-refractivity contribution in [1.29, 1.82) is 0 Å². The zero-order valence-corrected chi connectivity index (χ0v) is 11.4. The van der Waals surface area contributed by atoms with E-state index in [9.17, 15) is 4.79 Å². The van der Waals surface area contributed by atoms with Gasteiger partial charge in [0.2, 0.25) is 0 Å². The van der Waals surface area contributed by atoms with Gasteiger partial charge >= 0.3 is 5.97 Å². The van der Waals surface area contributed by atoms with Gasteiger partial charge in [-0.1, -0.05) is 12.1 Å². The number of carbonyl (C=O) groups is 1. The molecule has 1 saturated carbocycles. The van der Waals surface area contributed by atoms with Crippen molar-refractivity contribution < 1.29 is 14.6 Å². The van der Waals surface area contributed by atoms with Crippen LogP contribution >= 0.6 is 0 Å². The SMILES string of the molecule is COc1c(C2(CC(=O)O)CC2)ccc2c1CCCC2. The highest BCUT2D eigenvalue weighted by molar-refractivity contribution is 5.71. The largest absolute Gasteiger partial charge is 0.496 e. The summed E-state index contributed by atoms with van der Waals surface area (Å²) in [6, 6.07) is 4.30. The molecular formula is C16H20O3. The van der Waals surface area contributed by atoms with Gasteiger partial charge in [-0.15, -0.1) is 0 Å². The van der Waals surface area contributed by atoms with Gasteiger partial charge < -0.3 is 9.84 Å². The number of hydrogen-bond donors (Lipinski definition) is 1. The van der Waals surface area contributed by atoms with E-state index in [1.807, 2.05) is 0 Å². The van der Waals surface area contributed by atoms with E-state index in [4.69, 9.17) is 9.84 Å². The zero-order chi connectivity index (χ0) is 13.5. The molecule has 102 valence electrons. The fourth-order valence-electron chi connectivity index (χ4n) is 3.43. The molecule has 2 aliphatic carbocycles. The second-order valence-corrected chi connectivity index (χ2v) is 5.84. The molecule has 3 rings (SSSR count). The Hall–Kier alpha value is -1.51. The summed E-state index contributed by atoms with van der Waals surface area (Å²) in [6.45, 7) is 0. The van der Waals surface area contributed by atoms with Crippen molar-refractivity contribution in [3.05, 3.63) is 28.8 Å². The number of aliphatic carboxylic acids is 1. The third kappa shape index (κ3) is 2.11. The minimum Gasteiger partial charge on any atom is -0.496 e. The smallest absolute Gasteiger partial charge is 0.304 e. The maximum Gasteiger partial charge on any atom is 0.304 e. The van der Waals surface area contributed by atoms with E-state index in [1.165, 1.54) is 24.0 Å². The van der Waals surface area contributed by atoms with Gasteiger partial charge in [-0.3, -0.25) is 4.79 Å². The molecule has 19 heavy (non-hydrogen) atoms. The summed E-state index contributed by atoms with van der Waals surface area (Å²) in [6.07, 6.45) is 6.80. The van der Waals surface area contributed by atoms with Crippen molar-refractivity contribution >= 4 is 5.97 Å². The first-order chi connectivity index (χ1) is 9.16. The van der Waals surface area contributed by atoms with Crippen LogP contribution in [0.25, 0.3) is 0 Å². The Morgan fingerprint density at radius 3 is 2.68 bits per heavy atom. The summed E-state index contributed by atoms with van der Waals surface area (Å²) < 4.78 is 5.66. The molecule has 1 aromatic rings. The molecule has 0 radical (unpaired) electrons. The third-order valence-electron chi connectivity index (χ3n) is 4.60. The van der Waals surface area contributed by atoms with Crippen LogP contribution in [-0.2, 0) is 23.1 Å². The molecule has 0 aromatic heterocycles. The lowest BCUT2D eigenvalue weighted by molar-refractivity contribution is -0.137. The number of fused-ring (bicyclic) bond motifs is 1. The summed E-state index contributed by atoms with van der Waals surface area (Å²) in [5.74, 6) is 0.258. The monoisotopic (exact) mass is 260 g/mol. The standard InChI is InChI=1S/C16H20O3/c1-19-15-12-5-3-2-4-11(12)6-7-13(15)16(8-9-16)10-14(17)18/h6-7H,2-5,8-10H2,1H3,(H,17,18). The van der Waals surface area contributed by atoms with E-state index < -0.39 is 5.97 Å². The highest BCUT2D eigenvalue weighted by Crippen LogP contribution is 2.55. The summed E-state index contributed by atoms with van der Waals surface area (Å²) in [7, 11) is 1.71. The molecule has 3 heteroatoms. The summed E-state index contributed by atoms with van der Waals surface area (Å²) >= 11 is 0. The average molecular weight is 260 g/mol. The van der Waals surface area contributed by atoms with Gasteiger partial charge in [0, 0.05) is 11.0 Å². The predicted molar refractivity (Wildman–Crippen MR) is 72.8 cm³/mol. The number of benzene rings is 1. The Morgan fingerprint density at radius 2 is 2.05 bits per heavy atom.